The first kappa shape index (κ1) is 14.3. The SMILES string of the molecule is Cc1cc(C(=O)NCC(c2cccs2)N2CCCC2)no1. The fourth-order valence-corrected chi connectivity index (χ4v) is 3.56. The standard InChI is InChI=1S/C15H19N3O2S/c1-11-9-12(17-20-11)15(19)16-10-13(14-5-4-8-21-14)18-6-2-3-7-18/h4-5,8-9,13H,2-3,6-7,10H2,1H3,(H,16,19). The molecule has 3 rings (SSSR count). The number of nitrogens with one attached hydrogen (secondary N) is 1. The van der Waals surface area contributed by atoms with Crippen LogP contribution in [0.5, 0.6) is 0 Å². The summed E-state index contributed by atoms with van der Waals surface area (Å²) >= 11 is 1.74. The summed E-state index contributed by atoms with van der Waals surface area (Å²) in [7, 11) is 0. The van der Waals surface area contributed by atoms with Gasteiger partial charge in [0.2, 0.25) is 0 Å². The van der Waals surface area contributed by atoms with Crippen LogP contribution in [0.4, 0.5) is 0 Å². The number of nitrogens with zero attached hydrogens (tertiary/aromatic N) is 2. The Morgan fingerprint density at radius 2 is 2.33 bits per heavy atom. The van der Waals surface area contributed by atoms with Crippen molar-refractivity contribution in [2.75, 3.05) is 19.6 Å². The monoisotopic (exact) mass is 305 g/mol. The lowest BCUT2D eigenvalue weighted by Gasteiger charge is -2.26. The first-order valence-corrected chi connectivity index (χ1v) is 8.11. The van der Waals surface area contributed by atoms with Crippen molar-refractivity contribution < 1.29 is 9.32 Å². The molecule has 1 aliphatic heterocycles. The Morgan fingerprint density at radius 1 is 1.52 bits per heavy atom. The first-order chi connectivity index (χ1) is 10.2. The van der Waals surface area contributed by atoms with Crippen LogP contribution in [0.25, 0.3) is 0 Å². The van der Waals surface area contributed by atoms with Crippen LogP contribution in [0.3, 0.4) is 0 Å². The van der Waals surface area contributed by atoms with E-state index in [1.807, 2.05) is 0 Å². The van der Waals surface area contributed by atoms with E-state index in [0.29, 0.717) is 18.0 Å². The zero-order valence-corrected chi connectivity index (χ0v) is 12.9. The topological polar surface area (TPSA) is 58.4 Å². The number of hydrogen-bond donors (Lipinski definition) is 1. The highest BCUT2D eigenvalue weighted by atomic mass is 32.1. The number of likely N-dealkylation sites (tertiary alicyclic amines) is 1. The lowest BCUT2D eigenvalue weighted by molar-refractivity contribution is 0.0929. The van der Waals surface area contributed by atoms with Crippen molar-refractivity contribution >= 4 is 17.2 Å². The Bertz CT molecular complexity index is 588. The third-order valence-electron chi connectivity index (χ3n) is 3.77. The number of rotatable bonds is 5. The molecule has 6 heteroatoms. The van der Waals surface area contributed by atoms with Gasteiger partial charge in [0.05, 0.1) is 6.04 Å². The Kier molecular flexibility index (Phi) is 4.36. The summed E-state index contributed by atoms with van der Waals surface area (Å²) in [5, 5.41) is 8.82. The molecule has 112 valence electrons. The van der Waals surface area contributed by atoms with Gasteiger partial charge in [0.25, 0.3) is 5.91 Å². The van der Waals surface area contributed by atoms with Crippen molar-refractivity contribution in [1.82, 2.24) is 15.4 Å². The molecule has 0 saturated carbocycles. The minimum Gasteiger partial charge on any atom is -0.361 e. The third-order valence-corrected chi connectivity index (χ3v) is 4.74. The number of amides is 1. The molecule has 1 fully saturated rings. The normalized spacial score (nSPS) is 17.0. The van der Waals surface area contributed by atoms with Gasteiger partial charge in [-0.15, -0.1) is 11.3 Å². The second-order valence-corrected chi connectivity index (χ2v) is 6.29. The lowest BCUT2D eigenvalue weighted by Crippen LogP contribution is -2.36. The number of aryl methyl sites for hydroxylation is 1. The molecule has 0 radical (unpaired) electrons. The molecule has 1 amide bonds. The molecule has 21 heavy (non-hydrogen) atoms. The number of carbonyl (C=O) groups excluding carboxylic acids is 1. The van der Waals surface area contributed by atoms with Crippen LogP contribution in [0.1, 0.15) is 40.0 Å². The van der Waals surface area contributed by atoms with E-state index in [-0.39, 0.29) is 11.9 Å². The third kappa shape index (κ3) is 3.33. The van der Waals surface area contributed by atoms with E-state index in [2.05, 4.69) is 32.9 Å². The van der Waals surface area contributed by atoms with Crippen LogP contribution >= 0.6 is 11.3 Å². The Hall–Kier alpha value is -1.66. The predicted octanol–water partition coefficient (Wildman–Crippen LogP) is 2.61. The van der Waals surface area contributed by atoms with Crippen LogP contribution in [0, 0.1) is 6.92 Å². The summed E-state index contributed by atoms with van der Waals surface area (Å²) in [6, 6.07) is 6.11. The van der Waals surface area contributed by atoms with Gasteiger partial charge < -0.3 is 9.84 Å². The molecule has 0 aromatic carbocycles. The molecule has 1 N–H and O–H groups in total. The van der Waals surface area contributed by atoms with Crippen molar-refractivity contribution in [3.8, 4) is 0 Å². The van der Waals surface area contributed by atoms with Crippen LogP contribution in [0.15, 0.2) is 28.1 Å². The second-order valence-electron chi connectivity index (χ2n) is 5.31. The molecular formula is C15H19N3O2S. The molecule has 2 aromatic heterocycles. The largest absolute Gasteiger partial charge is 0.361 e. The van der Waals surface area contributed by atoms with E-state index >= 15 is 0 Å². The highest BCUT2D eigenvalue weighted by Gasteiger charge is 2.25. The highest BCUT2D eigenvalue weighted by molar-refractivity contribution is 7.10. The molecule has 5 nitrogen and oxygen atoms in total. The average Bonchev–Trinajstić information content (AvgIpc) is 3.21. The van der Waals surface area contributed by atoms with Gasteiger partial charge in [-0.1, -0.05) is 11.2 Å². The van der Waals surface area contributed by atoms with Gasteiger partial charge in [-0.2, -0.15) is 0 Å². The maximum Gasteiger partial charge on any atom is 0.273 e. The minimum atomic E-state index is -0.174. The molecule has 1 aliphatic rings. The quantitative estimate of drug-likeness (QED) is 0.922. The van der Waals surface area contributed by atoms with Crippen molar-refractivity contribution in [3.05, 3.63) is 39.9 Å². The van der Waals surface area contributed by atoms with Crippen LogP contribution < -0.4 is 5.32 Å². The molecule has 1 unspecified atom stereocenters. The van der Waals surface area contributed by atoms with E-state index in [9.17, 15) is 4.79 Å². The number of carbonyl (C=O) groups is 1. The van der Waals surface area contributed by atoms with Gasteiger partial charge in [-0.3, -0.25) is 9.69 Å². The zero-order valence-electron chi connectivity index (χ0n) is 12.0. The second kappa shape index (κ2) is 6.41. The summed E-state index contributed by atoms with van der Waals surface area (Å²) in [4.78, 5) is 15.8. The van der Waals surface area contributed by atoms with E-state index in [4.69, 9.17) is 4.52 Å². The van der Waals surface area contributed by atoms with E-state index in [0.717, 1.165) is 13.1 Å². The molecule has 1 atom stereocenters. The summed E-state index contributed by atoms with van der Waals surface area (Å²) < 4.78 is 4.95. The van der Waals surface area contributed by atoms with E-state index in [1.54, 1.807) is 24.3 Å². The van der Waals surface area contributed by atoms with Gasteiger partial charge in [-0.25, -0.2) is 0 Å². The number of aromatic nitrogens is 1. The molecule has 0 spiro atoms. The fourth-order valence-electron chi connectivity index (χ4n) is 2.70. The van der Waals surface area contributed by atoms with Crippen LogP contribution in [0.2, 0.25) is 0 Å². The highest BCUT2D eigenvalue weighted by Crippen LogP contribution is 2.27. The molecule has 0 bridgehead atoms. The lowest BCUT2D eigenvalue weighted by atomic mass is 10.2. The molecule has 2 aromatic rings. The van der Waals surface area contributed by atoms with Crippen LogP contribution in [-0.4, -0.2) is 35.6 Å². The van der Waals surface area contributed by atoms with Gasteiger partial charge in [-0.05, 0) is 44.3 Å². The maximum absolute atomic E-state index is 12.1. The van der Waals surface area contributed by atoms with Gasteiger partial charge in [0.1, 0.15) is 5.76 Å². The van der Waals surface area contributed by atoms with Crippen molar-refractivity contribution in [3.63, 3.8) is 0 Å². The van der Waals surface area contributed by atoms with Crippen LogP contribution in [-0.2, 0) is 0 Å². The summed E-state index contributed by atoms with van der Waals surface area (Å²) in [5.74, 6) is 0.474. The molecule has 3 heterocycles. The predicted molar refractivity (Wildman–Crippen MR) is 81.4 cm³/mol. The Morgan fingerprint density at radius 3 is 2.95 bits per heavy atom. The summed E-state index contributed by atoms with van der Waals surface area (Å²) in [6.45, 7) is 4.58. The average molecular weight is 305 g/mol. The number of thiophene rings is 1. The first-order valence-electron chi connectivity index (χ1n) is 7.23. The Balaban J connectivity index is 1.66. The molecular weight excluding hydrogens is 286 g/mol. The zero-order chi connectivity index (χ0) is 14.7. The van der Waals surface area contributed by atoms with E-state index in [1.165, 1.54) is 17.7 Å². The molecule has 0 aliphatic carbocycles. The number of hydrogen-bond acceptors (Lipinski definition) is 5. The maximum atomic E-state index is 12.1. The minimum absolute atomic E-state index is 0.174. The fraction of sp³-hybridized carbons (Fsp3) is 0.467. The van der Waals surface area contributed by atoms with Crippen molar-refractivity contribution in [1.29, 1.82) is 0 Å². The van der Waals surface area contributed by atoms with Gasteiger partial charge in [0.15, 0.2) is 5.69 Å². The summed E-state index contributed by atoms with van der Waals surface area (Å²) in [6.07, 6.45) is 2.47. The smallest absolute Gasteiger partial charge is 0.273 e. The van der Waals surface area contributed by atoms with Gasteiger partial charge >= 0.3 is 0 Å². The molecule has 1 saturated heterocycles. The van der Waals surface area contributed by atoms with E-state index < -0.39 is 0 Å². The Labute approximate surface area is 127 Å². The van der Waals surface area contributed by atoms with Crippen molar-refractivity contribution in [2.24, 2.45) is 0 Å². The van der Waals surface area contributed by atoms with Gasteiger partial charge in [0, 0.05) is 17.5 Å². The summed E-state index contributed by atoms with van der Waals surface area (Å²) in [5.41, 5.74) is 0.346. The van der Waals surface area contributed by atoms with Crippen molar-refractivity contribution in [2.45, 2.75) is 25.8 Å².